The van der Waals surface area contributed by atoms with Crippen molar-refractivity contribution >= 4 is 21.9 Å². The fraction of sp³-hybridized carbons (Fsp3) is 0. The lowest BCUT2D eigenvalue weighted by Crippen LogP contribution is -2.00. The molecule has 5 heteroatoms. The van der Waals surface area contributed by atoms with Crippen LogP contribution in [-0.4, -0.2) is 15.0 Å². The Kier molecular flexibility index (Phi) is 8.30. The molecule has 4 nitrogen and oxygen atoms in total. The van der Waals surface area contributed by atoms with Crippen LogP contribution in [-0.2, 0) is 0 Å². The standard InChI is InChI=1S/C51H32FN3O/c52-45-24-14-13-23-40(45)35-25-27-36(28-26-35)41-29-30-42(51-54-49(37-19-9-3-10-20-37)53-50(55-51)38-21-11-4-12-22-38)46-44-32-39(33-15-5-1-6-16-33)31-43(47(44)56-48(41)46)34-17-7-2-8-18-34/h1-32H. The van der Waals surface area contributed by atoms with E-state index >= 15 is 0 Å². The highest BCUT2D eigenvalue weighted by molar-refractivity contribution is 6.19. The molecular formula is C51H32FN3O. The van der Waals surface area contributed by atoms with E-state index in [1.54, 1.807) is 12.1 Å². The second-order valence-electron chi connectivity index (χ2n) is 13.7. The molecule has 56 heavy (non-hydrogen) atoms. The average molecular weight is 722 g/mol. The summed E-state index contributed by atoms with van der Waals surface area (Å²) in [6.45, 7) is 0. The Morgan fingerprint density at radius 3 is 1.38 bits per heavy atom. The van der Waals surface area contributed by atoms with Gasteiger partial charge in [0.2, 0.25) is 0 Å². The fourth-order valence-electron chi connectivity index (χ4n) is 7.48. The minimum atomic E-state index is -0.256. The SMILES string of the molecule is Fc1ccccc1-c1ccc(-c2ccc(-c3nc(-c4ccccc4)nc(-c4ccccc4)n3)c3c2oc2c(-c4ccccc4)cc(-c4ccccc4)cc23)cc1. The lowest BCUT2D eigenvalue weighted by atomic mass is 9.93. The molecule has 10 rings (SSSR count). The predicted molar refractivity (Wildman–Crippen MR) is 225 cm³/mol. The van der Waals surface area contributed by atoms with Gasteiger partial charge in [-0.05, 0) is 58.1 Å². The second kappa shape index (κ2) is 14.0. The van der Waals surface area contributed by atoms with Gasteiger partial charge in [-0.1, -0.05) is 164 Å². The number of furan rings is 1. The summed E-state index contributed by atoms with van der Waals surface area (Å²) in [5, 5.41) is 1.85. The van der Waals surface area contributed by atoms with E-state index in [-0.39, 0.29) is 5.82 Å². The van der Waals surface area contributed by atoms with Crippen molar-refractivity contribution in [1.29, 1.82) is 0 Å². The van der Waals surface area contributed by atoms with Crippen LogP contribution >= 0.6 is 0 Å². The van der Waals surface area contributed by atoms with Crippen molar-refractivity contribution in [3.63, 3.8) is 0 Å². The van der Waals surface area contributed by atoms with Crippen LogP contribution in [0.15, 0.2) is 199 Å². The zero-order chi connectivity index (χ0) is 37.4. The van der Waals surface area contributed by atoms with E-state index in [1.807, 2.05) is 115 Å². The topological polar surface area (TPSA) is 51.8 Å². The Labute approximate surface area is 323 Å². The molecular weight excluding hydrogens is 690 g/mol. The molecule has 0 radical (unpaired) electrons. The van der Waals surface area contributed by atoms with Gasteiger partial charge in [-0.3, -0.25) is 0 Å². The number of hydrogen-bond acceptors (Lipinski definition) is 4. The summed E-state index contributed by atoms with van der Waals surface area (Å²) < 4.78 is 21.9. The van der Waals surface area contributed by atoms with Crippen LogP contribution in [0, 0.1) is 5.82 Å². The third kappa shape index (κ3) is 6.02. The van der Waals surface area contributed by atoms with E-state index in [2.05, 4.69) is 60.7 Å². The van der Waals surface area contributed by atoms with E-state index in [1.165, 1.54) is 6.07 Å². The monoisotopic (exact) mass is 721 g/mol. The predicted octanol–water partition coefficient (Wildman–Crippen LogP) is 13.6. The van der Waals surface area contributed by atoms with Gasteiger partial charge in [-0.2, -0.15) is 0 Å². The van der Waals surface area contributed by atoms with Crippen molar-refractivity contribution in [3.8, 4) is 78.7 Å². The van der Waals surface area contributed by atoms with Crippen LogP contribution in [0.4, 0.5) is 4.39 Å². The summed E-state index contributed by atoms with van der Waals surface area (Å²) >= 11 is 0. The Morgan fingerprint density at radius 1 is 0.321 bits per heavy atom. The third-order valence-corrected chi connectivity index (χ3v) is 10.2. The maximum absolute atomic E-state index is 14.8. The van der Waals surface area contributed by atoms with Gasteiger partial charge in [0.1, 0.15) is 17.0 Å². The van der Waals surface area contributed by atoms with Crippen molar-refractivity contribution < 1.29 is 8.81 Å². The van der Waals surface area contributed by atoms with E-state index in [0.29, 0.717) is 28.6 Å². The summed E-state index contributed by atoms with van der Waals surface area (Å²) in [4.78, 5) is 15.3. The number of halogens is 1. The van der Waals surface area contributed by atoms with E-state index in [4.69, 9.17) is 19.4 Å². The molecule has 0 unspecified atom stereocenters. The van der Waals surface area contributed by atoms with Crippen molar-refractivity contribution in [2.45, 2.75) is 0 Å². The molecule has 0 saturated heterocycles. The number of hydrogen-bond donors (Lipinski definition) is 0. The fourth-order valence-corrected chi connectivity index (χ4v) is 7.48. The molecule has 0 aliphatic carbocycles. The molecule has 0 saturated carbocycles. The Bertz CT molecular complexity index is 2940. The maximum Gasteiger partial charge on any atom is 0.164 e. The summed E-state index contributed by atoms with van der Waals surface area (Å²) in [5.41, 5.74) is 11.5. The third-order valence-electron chi connectivity index (χ3n) is 10.2. The zero-order valence-corrected chi connectivity index (χ0v) is 30.1. The maximum atomic E-state index is 14.8. The molecule has 2 heterocycles. The van der Waals surface area contributed by atoms with Gasteiger partial charge < -0.3 is 4.42 Å². The molecule has 0 bridgehead atoms. The molecule has 0 atom stereocenters. The lowest BCUT2D eigenvalue weighted by Gasteiger charge is -2.11. The number of benzene rings is 8. The average Bonchev–Trinajstić information content (AvgIpc) is 3.67. The van der Waals surface area contributed by atoms with Crippen LogP contribution in [0.2, 0.25) is 0 Å². The van der Waals surface area contributed by atoms with Crippen LogP contribution < -0.4 is 0 Å². The molecule has 264 valence electrons. The minimum absolute atomic E-state index is 0.256. The Hall–Kier alpha value is -7.50. The first-order valence-corrected chi connectivity index (χ1v) is 18.5. The van der Waals surface area contributed by atoms with Crippen molar-refractivity contribution in [1.82, 2.24) is 15.0 Å². The van der Waals surface area contributed by atoms with Crippen LogP contribution in [0.25, 0.3) is 101 Å². The van der Waals surface area contributed by atoms with Gasteiger partial charge in [-0.25, -0.2) is 19.3 Å². The normalized spacial score (nSPS) is 11.3. The zero-order valence-electron chi connectivity index (χ0n) is 30.1. The van der Waals surface area contributed by atoms with Crippen molar-refractivity contribution in [2.24, 2.45) is 0 Å². The molecule has 0 aliphatic rings. The number of fused-ring (bicyclic) bond motifs is 3. The second-order valence-corrected chi connectivity index (χ2v) is 13.7. The first-order chi connectivity index (χ1) is 27.7. The highest BCUT2D eigenvalue weighted by atomic mass is 19.1. The number of aromatic nitrogens is 3. The van der Waals surface area contributed by atoms with Crippen molar-refractivity contribution in [2.75, 3.05) is 0 Å². The van der Waals surface area contributed by atoms with Gasteiger partial charge in [0.05, 0.1) is 0 Å². The Balaban J connectivity index is 1.28. The van der Waals surface area contributed by atoms with E-state index < -0.39 is 0 Å². The highest BCUT2D eigenvalue weighted by Crippen LogP contribution is 2.46. The van der Waals surface area contributed by atoms with Gasteiger partial charge >= 0.3 is 0 Å². The Morgan fingerprint density at radius 2 is 0.786 bits per heavy atom. The van der Waals surface area contributed by atoms with E-state index in [9.17, 15) is 4.39 Å². The largest absolute Gasteiger partial charge is 0.455 e. The van der Waals surface area contributed by atoms with Gasteiger partial charge in [0, 0.05) is 44.2 Å². The summed E-state index contributed by atoms with van der Waals surface area (Å²) in [7, 11) is 0. The first kappa shape index (κ1) is 33.1. The van der Waals surface area contributed by atoms with Crippen LogP contribution in [0.5, 0.6) is 0 Å². The first-order valence-electron chi connectivity index (χ1n) is 18.5. The molecule has 2 aromatic heterocycles. The molecule has 0 fully saturated rings. The molecule has 0 spiro atoms. The quantitative estimate of drug-likeness (QED) is 0.164. The summed E-state index contributed by atoms with van der Waals surface area (Å²) in [6, 6.07) is 64.2. The summed E-state index contributed by atoms with van der Waals surface area (Å²) in [5.74, 6) is 1.45. The molecule has 0 N–H and O–H groups in total. The van der Waals surface area contributed by atoms with Gasteiger partial charge in [-0.15, -0.1) is 0 Å². The van der Waals surface area contributed by atoms with Crippen molar-refractivity contribution in [3.05, 3.63) is 200 Å². The number of nitrogens with zero attached hydrogens (tertiary/aromatic N) is 3. The molecule has 0 amide bonds. The smallest absolute Gasteiger partial charge is 0.164 e. The molecule has 8 aromatic carbocycles. The van der Waals surface area contributed by atoms with Gasteiger partial charge in [0.15, 0.2) is 17.5 Å². The highest BCUT2D eigenvalue weighted by Gasteiger charge is 2.23. The minimum Gasteiger partial charge on any atom is -0.455 e. The lowest BCUT2D eigenvalue weighted by molar-refractivity contribution is 0.631. The van der Waals surface area contributed by atoms with Crippen LogP contribution in [0.3, 0.4) is 0 Å². The number of rotatable bonds is 7. The van der Waals surface area contributed by atoms with E-state index in [0.717, 1.165) is 72.0 Å². The summed E-state index contributed by atoms with van der Waals surface area (Å²) in [6.07, 6.45) is 0. The molecule has 0 aliphatic heterocycles. The van der Waals surface area contributed by atoms with Crippen LogP contribution in [0.1, 0.15) is 0 Å². The molecule has 10 aromatic rings. The van der Waals surface area contributed by atoms with Gasteiger partial charge in [0.25, 0.3) is 0 Å².